The van der Waals surface area contributed by atoms with Gasteiger partial charge in [0.1, 0.15) is 0 Å². The quantitative estimate of drug-likeness (QED) is 0.933. The average Bonchev–Trinajstić information content (AvgIpc) is 2.41. The molecule has 7 heteroatoms. The molecule has 0 unspecified atom stereocenters. The zero-order valence-electron chi connectivity index (χ0n) is 11.2. The first-order chi connectivity index (χ1) is 9.86. The Morgan fingerprint density at radius 3 is 2.43 bits per heavy atom. The second-order valence-electron chi connectivity index (χ2n) is 4.90. The number of amides is 2. The van der Waals surface area contributed by atoms with Gasteiger partial charge in [-0.25, -0.2) is 0 Å². The first kappa shape index (κ1) is 15.3. The number of benzene rings is 1. The van der Waals surface area contributed by atoms with Gasteiger partial charge in [-0.2, -0.15) is 13.2 Å². The van der Waals surface area contributed by atoms with Gasteiger partial charge in [0.2, 0.25) is 11.8 Å². The van der Waals surface area contributed by atoms with Crippen molar-refractivity contribution in [2.45, 2.75) is 25.4 Å². The lowest BCUT2D eigenvalue weighted by atomic mass is 10.1. The van der Waals surface area contributed by atoms with Gasteiger partial charge >= 0.3 is 6.18 Å². The molecule has 0 saturated carbocycles. The Kier molecular flexibility index (Phi) is 4.50. The van der Waals surface area contributed by atoms with Crippen molar-refractivity contribution in [3.8, 4) is 0 Å². The minimum Gasteiger partial charge on any atom is -0.333 e. The molecular formula is C14H15F3N2O2. The molecule has 1 aliphatic rings. The lowest BCUT2D eigenvalue weighted by molar-refractivity contribution is -0.137. The van der Waals surface area contributed by atoms with Crippen LogP contribution < -0.4 is 5.32 Å². The molecule has 1 fully saturated rings. The second-order valence-corrected chi connectivity index (χ2v) is 4.90. The number of nitrogens with one attached hydrogen (secondary N) is 1. The number of anilines is 1. The molecule has 0 spiro atoms. The summed E-state index contributed by atoms with van der Waals surface area (Å²) in [4.78, 5) is 24.8. The zero-order chi connectivity index (χ0) is 15.5. The first-order valence-corrected chi connectivity index (χ1v) is 6.61. The number of alkyl halides is 3. The summed E-state index contributed by atoms with van der Waals surface area (Å²) in [7, 11) is 0. The minimum atomic E-state index is -4.40. The van der Waals surface area contributed by atoms with E-state index in [2.05, 4.69) is 5.32 Å². The third-order valence-electron chi connectivity index (χ3n) is 3.25. The fourth-order valence-electron chi connectivity index (χ4n) is 2.15. The summed E-state index contributed by atoms with van der Waals surface area (Å²) < 4.78 is 37.2. The zero-order valence-corrected chi connectivity index (χ0v) is 11.2. The highest BCUT2D eigenvalue weighted by Crippen LogP contribution is 2.29. The molecular weight excluding hydrogens is 285 g/mol. The standard InChI is InChI=1S/C14H15F3N2O2/c15-14(16,17)10-4-6-11(7-5-10)18-12(20)9-19-8-2-1-3-13(19)21/h4-7H,1-3,8-9H2,(H,18,20). The van der Waals surface area contributed by atoms with Gasteiger partial charge in [-0.15, -0.1) is 0 Å². The van der Waals surface area contributed by atoms with Crippen molar-refractivity contribution < 1.29 is 22.8 Å². The van der Waals surface area contributed by atoms with E-state index < -0.39 is 17.6 Å². The number of likely N-dealkylation sites (tertiary alicyclic amines) is 1. The van der Waals surface area contributed by atoms with Crippen LogP contribution in [-0.4, -0.2) is 29.8 Å². The third-order valence-corrected chi connectivity index (χ3v) is 3.25. The van der Waals surface area contributed by atoms with Crippen LogP contribution in [-0.2, 0) is 15.8 Å². The highest BCUT2D eigenvalue weighted by Gasteiger charge is 2.30. The highest BCUT2D eigenvalue weighted by molar-refractivity contribution is 5.94. The molecule has 1 aromatic carbocycles. The van der Waals surface area contributed by atoms with Crippen LogP contribution in [0.15, 0.2) is 24.3 Å². The molecule has 1 saturated heterocycles. The van der Waals surface area contributed by atoms with Crippen LogP contribution in [0.4, 0.5) is 18.9 Å². The number of halogens is 3. The summed E-state index contributed by atoms with van der Waals surface area (Å²) in [6, 6.07) is 4.20. The SMILES string of the molecule is O=C(CN1CCCCC1=O)Nc1ccc(C(F)(F)F)cc1. The second kappa shape index (κ2) is 6.15. The van der Waals surface area contributed by atoms with E-state index in [1.807, 2.05) is 0 Å². The molecule has 0 atom stereocenters. The van der Waals surface area contributed by atoms with Crippen LogP contribution in [0, 0.1) is 0 Å². The molecule has 1 N–H and O–H groups in total. The smallest absolute Gasteiger partial charge is 0.333 e. The fourth-order valence-corrected chi connectivity index (χ4v) is 2.15. The molecule has 0 aromatic heterocycles. The van der Waals surface area contributed by atoms with Crippen molar-refractivity contribution >= 4 is 17.5 Å². The van der Waals surface area contributed by atoms with E-state index in [0.717, 1.165) is 25.0 Å². The Morgan fingerprint density at radius 2 is 1.86 bits per heavy atom. The van der Waals surface area contributed by atoms with E-state index in [9.17, 15) is 22.8 Å². The van der Waals surface area contributed by atoms with Crippen LogP contribution in [0.5, 0.6) is 0 Å². The number of piperidine rings is 1. The number of rotatable bonds is 3. The Bertz CT molecular complexity index is 526. The summed E-state index contributed by atoms with van der Waals surface area (Å²) in [6.07, 6.45) is -2.27. The molecule has 114 valence electrons. The monoisotopic (exact) mass is 300 g/mol. The maximum atomic E-state index is 12.4. The van der Waals surface area contributed by atoms with Gasteiger partial charge in [0.05, 0.1) is 12.1 Å². The molecule has 1 aliphatic heterocycles. The number of carbonyl (C=O) groups excluding carboxylic acids is 2. The van der Waals surface area contributed by atoms with E-state index in [-0.39, 0.29) is 18.1 Å². The molecule has 2 amide bonds. The van der Waals surface area contributed by atoms with Crippen molar-refractivity contribution in [1.29, 1.82) is 0 Å². The maximum Gasteiger partial charge on any atom is 0.416 e. The Labute approximate surface area is 119 Å². The normalized spacial score (nSPS) is 16.0. The average molecular weight is 300 g/mol. The summed E-state index contributed by atoms with van der Waals surface area (Å²) in [5, 5.41) is 2.49. The molecule has 1 heterocycles. The van der Waals surface area contributed by atoms with Gasteiger partial charge in [-0.05, 0) is 37.1 Å². The van der Waals surface area contributed by atoms with E-state index >= 15 is 0 Å². The fraction of sp³-hybridized carbons (Fsp3) is 0.429. The Hall–Kier alpha value is -2.05. The molecule has 0 aliphatic carbocycles. The van der Waals surface area contributed by atoms with Crippen molar-refractivity contribution in [3.05, 3.63) is 29.8 Å². The van der Waals surface area contributed by atoms with Crippen LogP contribution in [0.25, 0.3) is 0 Å². The maximum absolute atomic E-state index is 12.4. The van der Waals surface area contributed by atoms with Crippen molar-refractivity contribution in [1.82, 2.24) is 4.90 Å². The van der Waals surface area contributed by atoms with Gasteiger partial charge in [-0.1, -0.05) is 0 Å². The summed E-state index contributed by atoms with van der Waals surface area (Å²) in [5.41, 5.74) is -0.496. The predicted octanol–water partition coefficient (Wildman–Crippen LogP) is 2.66. The third kappa shape index (κ3) is 4.21. The van der Waals surface area contributed by atoms with Crippen LogP contribution in [0.2, 0.25) is 0 Å². The van der Waals surface area contributed by atoms with E-state index in [1.54, 1.807) is 0 Å². The molecule has 4 nitrogen and oxygen atoms in total. The number of hydrogen-bond donors (Lipinski definition) is 1. The van der Waals surface area contributed by atoms with Gasteiger partial charge < -0.3 is 10.2 Å². The highest BCUT2D eigenvalue weighted by atomic mass is 19.4. The Morgan fingerprint density at radius 1 is 1.19 bits per heavy atom. The van der Waals surface area contributed by atoms with E-state index in [4.69, 9.17) is 0 Å². The topological polar surface area (TPSA) is 49.4 Å². The largest absolute Gasteiger partial charge is 0.416 e. The van der Waals surface area contributed by atoms with Gasteiger partial charge in [0.15, 0.2) is 0 Å². The first-order valence-electron chi connectivity index (χ1n) is 6.61. The molecule has 21 heavy (non-hydrogen) atoms. The number of nitrogens with zero attached hydrogens (tertiary/aromatic N) is 1. The molecule has 2 rings (SSSR count). The molecule has 0 bridgehead atoms. The van der Waals surface area contributed by atoms with Crippen molar-refractivity contribution in [2.75, 3.05) is 18.4 Å². The van der Waals surface area contributed by atoms with Gasteiger partial charge in [0, 0.05) is 18.7 Å². The van der Waals surface area contributed by atoms with Crippen LogP contribution in [0.3, 0.4) is 0 Å². The molecule has 0 radical (unpaired) electrons. The Balaban J connectivity index is 1.92. The lowest BCUT2D eigenvalue weighted by Gasteiger charge is -2.25. The minimum absolute atomic E-state index is 0.0659. The van der Waals surface area contributed by atoms with Crippen molar-refractivity contribution in [2.24, 2.45) is 0 Å². The van der Waals surface area contributed by atoms with Crippen LogP contribution >= 0.6 is 0 Å². The van der Waals surface area contributed by atoms with Gasteiger partial charge in [0.25, 0.3) is 0 Å². The van der Waals surface area contributed by atoms with Gasteiger partial charge in [-0.3, -0.25) is 9.59 Å². The summed E-state index contributed by atoms with van der Waals surface area (Å²) in [5.74, 6) is -0.478. The van der Waals surface area contributed by atoms with Crippen LogP contribution in [0.1, 0.15) is 24.8 Å². The summed E-state index contributed by atoms with van der Waals surface area (Å²) in [6.45, 7) is 0.471. The van der Waals surface area contributed by atoms with Crippen molar-refractivity contribution in [3.63, 3.8) is 0 Å². The number of hydrogen-bond acceptors (Lipinski definition) is 2. The predicted molar refractivity (Wildman–Crippen MR) is 70.5 cm³/mol. The van der Waals surface area contributed by atoms with E-state index in [1.165, 1.54) is 17.0 Å². The number of carbonyl (C=O) groups is 2. The lowest BCUT2D eigenvalue weighted by Crippen LogP contribution is -2.40. The van der Waals surface area contributed by atoms with E-state index in [0.29, 0.717) is 13.0 Å². The molecule has 1 aromatic rings. The summed E-state index contributed by atoms with van der Waals surface area (Å²) >= 11 is 0.